The first-order valence-corrected chi connectivity index (χ1v) is 13.2. The van der Waals surface area contributed by atoms with Gasteiger partial charge in [0.1, 0.15) is 11.5 Å². The van der Waals surface area contributed by atoms with Gasteiger partial charge in [-0.15, -0.1) is 0 Å². The molecule has 0 bridgehead atoms. The Morgan fingerprint density at radius 1 is 1.11 bits per heavy atom. The van der Waals surface area contributed by atoms with E-state index < -0.39 is 0 Å². The normalized spacial score (nSPS) is 14.4. The molecule has 35 heavy (non-hydrogen) atoms. The molecule has 8 heteroatoms. The molecule has 1 aliphatic heterocycles. The lowest BCUT2D eigenvalue weighted by Gasteiger charge is -2.27. The minimum absolute atomic E-state index is 0.0291. The molecule has 2 heterocycles. The fraction of sp³-hybridized carbons (Fsp3) is 0.481. The Morgan fingerprint density at radius 3 is 2.57 bits per heavy atom. The summed E-state index contributed by atoms with van der Waals surface area (Å²) in [6.07, 6.45) is 0.856. The van der Waals surface area contributed by atoms with E-state index in [1.165, 1.54) is 16.9 Å². The van der Waals surface area contributed by atoms with Crippen LogP contribution in [0.5, 0.6) is 11.5 Å². The third-order valence-electron chi connectivity index (χ3n) is 6.06. The minimum Gasteiger partial charge on any atom is -0.494 e. The number of nitrogens with zero attached hydrogens (tertiary/aromatic N) is 3. The fourth-order valence-corrected chi connectivity index (χ4v) is 5.08. The number of hydrogen-bond acceptors (Lipinski definition) is 7. The van der Waals surface area contributed by atoms with Gasteiger partial charge in [-0.25, -0.2) is 4.98 Å². The number of carbonyl (C=O) groups excluding carboxylic acids is 1. The van der Waals surface area contributed by atoms with Gasteiger partial charge in [0.2, 0.25) is 0 Å². The van der Waals surface area contributed by atoms with E-state index in [2.05, 4.69) is 18.7 Å². The monoisotopic (exact) mass is 497 g/mol. The number of benzene rings is 2. The van der Waals surface area contributed by atoms with Crippen molar-refractivity contribution in [3.63, 3.8) is 0 Å². The quantitative estimate of drug-likeness (QED) is 0.373. The summed E-state index contributed by atoms with van der Waals surface area (Å²) >= 11 is 1.51. The topological polar surface area (TPSA) is 64.1 Å². The Balaban J connectivity index is 1.46. The molecule has 1 aromatic heterocycles. The fourth-order valence-electron chi connectivity index (χ4n) is 4.04. The predicted molar refractivity (Wildman–Crippen MR) is 141 cm³/mol. The van der Waals surface area contributed by atoms with Crippen molar-refractivity contribution in [3.8, 4) is 11.5 Å². The van der Waals surface area contributed by atoms with Crippen molar-refractivity contribution >= 4 is 32.6 Å². The summed E-state index contributed by atoms with van der Waals surface area (Å²) in [7, 11) is 0. The zero-order valence-electron chi connectivity index (χ0n) is 20.9. The van der Waals surface area contributed by atoms with Gasteiger partial charge < -0.3 is 14.2 Å². The summed E-state index contributed by atoms with van der Waals surface area (Å²) in [5.74, 6) is 1.87. The lowest BCUT2D eigenvalue weighted by molar-refractivity contribution is -0.120. The van der Waals surface area contributed by atoms with Crippen LogP contribution in [0.25, 0.3) is 10.2 Å². The first-order valence-electron chi connectivity index (χ1n) is 12.4. The summed E-state index contributed by atoms with van der Waals surface area (Å²) < 4.78 is 18.0. The van der Waals surface area contributed by atoms with Gasteiger partial charge in [0.15, 0.2) is 11.7 Å². The van der Waals surface area contributed by atoms with Crippen LogP contribution in [0.15, 0.2) is 42.5 Å². The van der Waals surface area contributed by atoms with Gasteiger partial charge in [-0.1, -0.05) is 37.3 Å². The molecule has 1 saturated heterocycles. The van der Waals surface area contributed by atoms with Gasteiger partial charge in [-0.3, -0.25) is 14.6 Å². The second-order valence-corrected chi connectivity index (χ2v) is 9.93. The molecule has 0 N–H and O–H groups in total. The number of fused-ring (bicyclic) bond motifs is 1. The molecule has 3 aromatic rings. The summed E-state index contributed by atoms with van der Waals surface area (Å²) in [6.45, 7) is 11.8. The Morgan fingerprint density at radius 2 is 1.86 bits per heavy atom. The molecule has 7 nitrogen and oxygen atoms in total. The highest BCUT2D eigenvalue weighted by Crippen LogP contribution is 2.32. The zero-order chi connectivity index (χ0) is 24.6. The van der Waals surface area contributed by atoms with Crippen LogP contribution in [0.4, 0.5) is 5.13 Å². The zero-order valence-corrected chi connectivity index (χ0v) is 21.7. The van der Waals surface area contributed by atoms with Crippen LogP contribution in [0.3, 0.4) is 0 Å². The van der Waals surface area contributed by atoms with Crippen molar-refractivity contribution in [3.05, 3.63) is 48.0 Å². The van der Waals surface area contributed by atoms with E-state index in [0.717, 1.165) is 55.2 Å². The average molecular weight is 498 g/mol. The van der Waals surface area contributed by atoms with Gasteiger partial charge in [0.05, 0.1) is 30.0 Å². The standard InChI is InChI=1S/C27H35N3O4S/c1-4-33-23-10-11-24-25(18-23)35-27(28-24)30(13-5-12-29-14-16-32-17-15-29)26(31)19-34-22-8-6-21(7-9-22)20(2)3/h6-11,18,20H,4-5,12-17,19H2,1-3H3. The molecular weight excluding hydrogens is 462 g/mol. The summed E-state index contributed by atoms with van der Waals surface area (Å²) in [4.78, 5) is 22.2. The molecule has 1 amide bonds. The van der Waals surface area contributed by atoms with Crippen molar-refractivity contribution in [2.24, 2.45) is 0 Å². The van der Waals surface area contributed by atoms with E-state index in [4.69, 9.17) is 19.2 Å². The number of amides is 1. The van der Waals surface area contributed by atoms with Crippen molar-refractivity contribution in [2.45, 2.75) is 33.1 Å². The van der Waals surface area contributed by atoms with Crippen LogP contribution in [0, 0.1) is 0 Å². The number of morpholine rings is 1. The molecular formula is C27H35N3O4S. The lowest BCUT2D eigenvalue weighted by atomic mass is 10.0. The van der Waals surface area contributed by atoms with Gasteiger partial charge in [0, 0.05) is 26.2 Å². The number of rotatable bonds is 11. The smallest absolute Gasteiger partial charge is 0.266 e. The number of carbonyl (C=O) groups is 1. The van der Waals surface area contributed by atoms with E-state index in [0.29, 0.717) is 30.0 Å². The van der Waals surface area contributed by atoms with Crippen LogP contribution in [0.2, 0.25) is 0 Å². The largest absolute Gasteiger partial charge is 0.494 e. The van der Waals surface area contributed by atoms with Crippen LogP contribution in [-0.2, 0) is 9.53 Å². The Kier molecular flexibility index (Phi) is 8.95. The molecule has 1 fully saturated rings. The van der Waals surface area contributed by atoms with E-state index in [9.17, 15) is 4.79 Å². The maximum absolute atomic E-state index is 13.3. The number of anilines is 1. The Hall–Kier alpha value is -2.68. The molecule has 4 rings (SSSR count). The summed E-state index contributed by atoms with van der Waals surface area (Å²) in [5.41, 5.74) is 2.11. The predicted octanol–water partition coefficient (Wildman–Crippen LogP) is 4.95. The van der Waals surface area contributed by atoms with E-state index in [1.54, 1.807) is 4.90 Å². The van der Waals surface area contributed by atoms with Crippen LogP contribution in [-0.4, -0.2) is 68.4 Å². The molecule has 188 valence electrons. The molecule has 2 aromatic carbocycles. The Labute approximate surface area is 211 Å². The first kappa shape index (κ1) is 25.4. The molecule has 0 spiro atoms. The summed E-state index contributed by atoms with van der Waals surface area (Å²) in [5, 5.41) is 0.694. The molecule has 1 aliphatic rings. The Bertz CT molecular complexity index is 1090. The number of hydrogen-bond donors (Lipinski definition) is 0. The van der Waals surface area contributed by atoms with Crippen LogP contribution in [0.1, 0.15) is 38.7 Å². The van der Waals surface area contributed by atoms with Crippen molar-refractivity contribution < 1.29 is 19.0 Å². The molecule has 0 atom stereocenters. The molecule has 0 radical (unpaired) electrons. The van der Waals surface area contributed by atoms with Crippen LogP contribution < -0.4 is 14.4 Å². The number of thiazole rings is 1. The molecule has 0 unspecified atom stereocenters. The van der Waals surface area contributed by atoms with Gasteiger partial charge >= 0.3 is 0 Å². The average Bonchev–Trinajstić information content (AvgIpc) is 3.29. The lowest BCUT2D eigenvalue weighted by Crippen LogP contribution is -2.40. The SMILES string of the molecule is CCOc1ccc2nc(N(CCCN3CCOCC3)C(=O)COc3ccc(C(C)C)cc3)sc2c1. The molecule has 0 saturated carbocycles. The van der Waals surface area contributed by atoms with E-state index >= 15 is 0 Å². The van der Waals surface area contributed by atoms with E-state index in [-0.39, 0.29) is 12.5 Å². The first-order chi connectivity index (χ1) is 17.0. The van der Waals surface area contributed by atoms with Gasteiger partial charge in [-0.05, 0) is 55.2 Å². The maximum atomic E-state index is 13.3. The van der Waals surface area contributed by atoms with Crippen molar-refractivity contribution in [1.29, 1.82) is 0 Å². The van der Waals surface area contributed by atoms with Crippen LogP contribution >= 0.6 is 11.3 Å². The van der Waals surface area contributed by atoms with Gasteiger partial charge in [-0.2, -0.15) is 0 Å². The third-order valence-corrected chi connectivity index (χ3v) is 7.10. The number of ether oxygens (including phenoxy) is 3. The second-order valence-electron chi connectivity index (χ2n) is 8.92. The summed E-state index contributed by atoms with van der Waals surface area (Å²) in [6, 6.07) is 13.8. The van der Waals surface area contributed by atoms with E-state index in [1.807, 2.05) is 49.4 Å². The van der Waals surface area contributed by atoms with Gasteiger partial charge in [0.25, 0.3) is 5.91 Å². The minimum atomic E-state index is -0.0935. The number of aromatic nitrogens is 1. The van der Waals surface area contributed by atoms with Crippen molar-refractivity contribution in [2.75, 3.05) is 57.5 Å². The highest BCUT2D eigenvalue weighted by Gasteiger charge is 2.21. The molecule has 0 aliphatic carbocycles. The highest BCUT2D eigenvalue weighted by atomic mass is 32.1. The third kappa shape index (κ3) is 6.93. The second kappa shape index (κ2) is 12.3. The van der Waals surface area contributed by atoms with Crippen molar-refractivity contribution in [1.82, 2.24) is 9.88 Å². The highest BCUT2D eigenvalue weighted by molar-refractivity contribution is 7.22. The maximum Gasteiger partial charge on any atom is 0.266 e.